The minimum Gasteiger partial charge on any atom is -0.459 e. The lowest BCUT2D eigenvalue weighted by Crippen LogP contribution is -2.39. The number of rotatable bonds is 8. The van der Waals surface area contributed by atoms with Crippen molar-refractivity contribution in [3.8, 4) is 0 Å². The van der Waals surface area contributed by atoms with Gasteiger partial charge >= 0.3 is 5.97 Å². The van der Waals surface area contributed by atoms with Gasteiger partial charge < -0.3 is 15.0 Å². The summed E-state index contributed by atoms with van der Waals surface area (Å²) >= 11 is 0.576. The van der Waals surface area contributed by atoms with Crippen molar-refractivity contribution in [2.75, 3.05) is 40.0 Å². The van der Waals surface area contributed by atoms with Crippen LogP contribution in [-0.2, 0) is 14.3 Å². The Morgan fingerprint density at radius 3 is 2.41 bits per heavy atom. The second-order valence-electron chi connectivity index (χ2n) is 4.51. The maximum absolute atomic E-state index is 11.5. The summed E-state index contributed by atoms with van der Waals surface area (Å²) < 4.78 is 8.07. The minimum atomic E-state index is -1.12. The molecule has 0 saturated carbocycles. The maximum Gasteiger partial charge on any atom is 0.319 e. The zero-order valence-corrected chi connectivity index (χ0v) is 11.0. The van der Waals surface area contributed by atoms with Gasteiger partial charge in [0.15, 0.2) is 0 Å². The number of nitroso groups, excluding NO2 is 1. The number of carbonyl (C=O) groups excluding carboxylic acids is 2. The molecule has 0 aromatic rings. The van der Waals surface area contributed by atoms with Gasteiger partial charge in [-0.3, -0.25) is 9.59 Å². The largest absolute Gasteiger partial charge is 0.459 e. The molecule has 17 heavy (non-hydrogen) atoms. The average Bonchev–Trinajstić information content (AvgIpc) is 2.15. The summed E-state index contributed by atoms with van der Waals surface area (Å²) in [5, 5.41) is 0. The maximum atomic E-state index is 11.5. The second-order valence-corrected chi connectivity index (χ2v) is 5.25. The van der Waals surface area contributed by atoms with E-state index in [-0.39, 0.29) is 12.4 Å². The third-order valence-corrected chi connectivity index (χ3v) is 2.52. The Hall–Kier alpha value is -1.15. The summed E-state index contributed by atoms with van der Waals surface area (Å²) in [5.41, 5.74) is 5.04. The molecule has 1 amide bonds. The van der Waals surface area contributed by atoms with Crippen molar-refractivity contribution in [3.63, 3.8) is 0 Å². The van der Waals surface area contributed by atoms with Crippen LogP contribution in [0.4, 0.5) is 0 Å². The minimum absolute atomic E-state index is 0.0813. The zero-order chi connectivity index (χ0) is 13.5. The molecule has 98 valence electrons. The number of amides is 1. The number of nitrogens with zero attached hydrogens (tertiary/aromatic N) is 2. The second kappa shape index (κ2) is 7.23. The van der Waals surface area contributed by atoms with E-state index in [1.165, 1.54) is 0 Å². The third kappa shape index (κ3) is 7.70. The summed E-state index contributed by atoms with van der Waals surface area (Å²) in [6.07, 6.45) is 0. The molecule has 0 spiro atoms. The number of likely N-dealkylation sites (N-methyl/N-ethyl adjacent to an activating group) is 1. The van der Waals surface area contributed by atoms with Crippen molar-refractivity contribution in [1.82, 2.24) is 0 Å². The smallest absolute Gasteiger partial charge is 0.319 e. The monoisotopic (exact) mass is 264 g/mol. The normalized spacial score (nSPS) is 12.9. The van der Waals surface area contributed by atoms with Crippen LogP contribution in [0.1, 0.15) is 0 Å². The van der Waals surface area contributed by atoms with Crippen molar-refractivity contribution < 1.29 is 18.8 Å². The van der Waals surface area contributed by atoms with Gasteiger partial charge in [-0.15, -0.1) is 4.91 Å². The molecule has 0 aromatic carbocycles. The Bertz CT molecular complexity index is 290. The first kappa shape index (κ1) is 15.9. The molecule has 8 heteroatoms. The lowest BCUT2D eigenvalue weighted by atomic mass is 10.2. The standard InChI is InChI=1S/C9H17N3O4S/c1-12(2,3)4-5-16-9(14)7(8(10)13)6-17-11-15/h7H,4-6H2,1-3H3,(H-,10,13)/p+1. The van der Waals surface area contributed by atoms with Gasteiger partial charge in [0.05, 0.1) is 21.1 Å². The highest BCUT2D eigenvalue weighted by Crippen LogP contribution is 2.11. The molecule has 0 aliphatic rings. The summed E-state index contributed by atoms with van der Waals surface area (Å²) in [7, 11) is 5.85. The van der Waals surface area contributed by atoms with Crippen LogP contribution in [0.2, 0.25) is 0 Å². The van der Waals surface area contributed by atoms with Crippen LogP contribution in [0, 0.1) is 10.8 Å². The molecule has 0 heterocycles. The van der Waals surface area contributed by atoms with Crippen LogP contribution < -0.4 is 5.73 Å². The summed E-state index contributed by atoms with van der Waals surface area (Å²) in [6, 6.07) is 0. The lowest BCUT2D eigenvalue weighted by molar-refractivity contribution is -0.870. The van der Waals surface area contributed by atoms with Crippen molar-refractivity contribution >= 4 is 23.8 Å². The molecule has 1 atom stereocenters. The van der Waals surface area contributed by atoms with Crippen molar-refractivity contribution in [1.29, 1.82) is 0 Å². The highest BCUT2D eigenvalue weighted by molar-refractivity contribution is 7.97. The van der Waals surface area contributed by atoms with Crippen LogP contribution in [0.25, 0.3) is 0 Å². The van der Waals surface area contributed by atoms with Crippen LogP contribution in [0.3, 0.4) is 0 Å². The Kier molecular flexibility index (Phi) is 6.74. The van der Waals surface area contributed by atoms with Gasteiger partial charge in [-0.2, -0.15) is 0 Å². The van der Waals surface area contributed by atoms with E-state index >= 15 is 0 Å². The van der Waals surface area contributed by atoms with Crippen LogP contribution in [0.5, 0.6) is 0 Å². The number of primary amides is 1. The van der Waals surface area contributed by atoms with E-state index < -0.39 is 17.8 Å². The number of carbonyl (C=O) groups is 2. The Balaban J connectivity index is 4.15. The van der Waals surface area contributed by atoms with E-state index in [1.54, 1.807) is 0 Å². The molecule has 0 fully saturated rings. The molecule has 0 saturated heterocycles. The van der Waals surface area contributed by atoms with Gasteiger partial charge in [-0.05, 0) is 0 Å². The summed E-state index contributed by atoms with van der Waals surface area (Å²) in [5.74, 6) is -2.72. The highest BCUT2D eigenvalue weighted by Gasteiger charge is 2.26. The molecule has 0 rings (SSSR count). The molecular formula is C9H18N3O4S+. The zero-order valence-electron chi connectivity index (χ0n) is 10.2. The SMILES string of the molecule is C[N+](C)(C)CCOC(=O)C(CSN=O)C(N)=O. The number of hydrogen-bond acceptors (Lipinski definition) is 6. The Morgan fingerprint density at radius 1 is 1.41 bits per heavy atom. The fourth-order valence-corrected chi connectivity index (χ4v) is 1.40. The number of hydrogen-bond donors (Lipinski definition) is 1. The highest BCUT2D eigenvalue weighted by atomic mass is 32.2. The molecule has 0 aliphatic heterocycles. The van der Waals surface area contributed by atoms with Crippen molar-refractivity contribution in [3.05, 3.63) is 4.91 Å². The van der Waals surface area contributed by atoms with E-state index in [0.29, 0.717) is 23.0 Å². The molecule has 7 nitrogen and oxygen atoms in total. The van der Waals surface area contributed by atoms with Gasteiger partial charge in [0.25, 0.3) is 0 Å². The molecule has 0 aliphatic carbocycles. The fourth-order valence-electron chi connectivity index (χ4n) is 0.892. The van der Waals surface area contributed by atoms with Gasteiger partial charge in [-0.25, -0.2) is 0 Å². The van der Waals surface area contributed by atoms with Gasteiger partial charge in [-0.1, -0.05) is 0 Å². The Labute approximate surface area is 104 Å². The molecule has 0 bridgehead atoms. The topological polar surface area (TPSA) is 98.8 Å². The fraction of sp³-hybridized carbons (Fsp3) is 0.778. The predicted octanol–water partition coefficient (Wildman–Crippen LogP) is -0.248. The van der Waals surface area contributed by atoms with E-state index in [2.05, 4.69) is 4.58 Å². The van der Waals surface area contributed by atoms with Crippen molar-refractivity contribution in [2.24, 2.45) is 16.2 Å². The van der Waals surface area contributed by atoms with Gasteiger partial charge in [0.2, 0.25) is 5.91 Å². The molecule has 1 unspecified atom stereocenters. The first-order valence-electron chi connectivity index (χ1n) is 4.99. The van der Waals surface area contributed by atoms with Crippen LogP contribution in [0.15, 0.2) is 4.58 Å². The molecule has 0 aromatic heterocycles. The van der Waals surface area contributed by atoms with Crippen molar-refractivity contribution in [2.45, 2.75) is 0 Å². The quantitative estimate of drug-likeness (QED) is 0.214. The molecular weight excluding hydrogens is 246 g/mol. The number of esters is 1. The van der Waals surface area contributed by atoms with Crippen LogP contribution >= 0.6 is 11.9 Å². The van der Waals surface area contributed by atoms with Gasteiger partial charge in [0, 0.05) is 22.3 Å². The van der Waals surface area contributed by atoms with Crippen LogP contribution in [-0.4, -0.2) is 56.4 Å². The number of ether oxygens (including phenoxy) is 1. The lowest BCUT2D eigenvalue weighted by Gasteiger charge is -2.23. The van der Waals surface area contributed by atoms with E-state index in [9.17, 15) is 14.5 Å². The Morgan fingerprint density at radius 2 is 2.00 bits per heavy atom. The summed E-state index contributed by atoms with van der Waals surface area (Å²) in [6.45, 7) is 0.821. The van der Waals surface area contributed by atoms with E-state index in [1.807, 2.05) is 21.1 Å². The summed E-state index contributed by atoms with van der Waals surface area (Å²) in [4.78, 5) is 32.4. The van der Waals surface area contributed by atoms with Gasteiger partial charge in [0.1, 0.15) is 19.1 Å². The third-order valence-electron chi connectivity index (χ3n) is 1.93. The van der Waals surface area contributed by atoms with E-state index in [4.69, 9.17) is 10.5 Å². The number of quaternary nitrogens is 1. The first-order valence-corrected chi connectivity index (χ1v) is 5.93. The molecule has 2 N–H and O–H groups in total. The first-order chi connectivity index (χ1) is 7.78. The average molecular weight is 264 g/mol. The number of nitrogens with two attached hydrogens (primary N) is 1. The molecule has 0 radical (unpaired) electrons. The van der Waals surface area contributed by atoms with E-state index in [0.717, 1.165) is 0 Å². The predicted molar refractivity (Wildman–Crippen MR) is 64.8 cm³/mol.